The zero-order valence-electron chi connectivity index (χ0n) is 16.6. The lowest BCUT2D eigenvalue weighted by atomic mass is 10.1. The molecule has 0 saturated heterocycles. The maximum absolute atomic E-state index is 12.8. The van der Waals surface area contributed by atoms with Crippen LogP contribution in [-0.2, 0) is 6.42 Å². The van der Waals surface area contributed by atoms with Crippen LogP contribution >= 0.6 is 11.3 Å². The molecular formula is C22H20N4O3S. The summed E-state index contributed by atoms with van der Waals surface area (Å²) in [6.45, 7) is 5.18. The second-order valence-electron chi connectivity index (χ2n) is 6.99. The Morgan fingerprint density at radius 1 is 1.17 bits per heavy atom. The van der Waals surface area contributed by atoms with Gasteiger partial charge in [-0.05, 0) is 43.7 Å². The lowest BCUT2D eigenvalue weighted by molar-refractivity contribution is 0.102. The molecule has 1 aromatic carbocycles. The Morgan fingerprint density at radius 2 is 2.00 bits per heavy atom. The lowest BCUT2D eigenvalue weighted by Gasteiger charge is -2.18. The number of nitrogens with zero attached hydrogens (tertiary/aromatic N) is 3. The van der Waals surface area contributed by atoms with Crippen molar-refractivity contribution < 1.29 is 14.3 Å². The molecule has 0 radical (unpaired) electrons. The van der Waals surface area contributed by atoms with Gasteiger partial charge in [0.1, 0.15) is 18.9 Å². The van der Waals surface area contributed by atoms with Gasteiger partial charge in [-0.25, -0.2) is 9.97 Å². The molecule has 152 valence electrons. The number of thiazole rings is 1. The number of pyridine rings is 1. The highest BCUT2D eigenvalue weighted by atomic mass is 32.1. The number of nitrogens with one attached hydrogen (secondary N) is 1. The van der Waals surface area contributed by atoms with Crippen molar-refractivity contribution in [2.45, 2.75) is 20.3 Å². The molecular weight excluding hydrogens is 400 g/mol. The number of amides is 1. The van der Waals surface area contributed by atoms with Crippen molar-refractivity contribution in [1.29, 1.82) is 0 Å². The Labute approximate surface area is 177 Å². The van der Waals surface area contributed by atoms with Crippen molar-refractivity contribution >= 4 is 28.0 Å². The Hall–Kier alpha value is -3.39. The third-order valence-corrected chi connectivity index (χ3v) is 5.87. The minimum atomic E-state index is -0.203. The third kappa shape index (κ3) is 3.29. The van der Waals surface area contributed by atoms with E-state index in [9.17, 15) is 4.79 Å². The summed E-state index contributed by atoms with van der Waals surface area (Å²) in [5.41, 5.74) is 5.19. The smallest absolute Gasteiger partial charge is 0.258 e. The number of anilines is 1. The van der Waals surface area contributed by atoms with Gasteiger partial charge in [-0.15, -0.1) is 11.3 Å². The molecule has 1 aliphatic rings. The predicted molar refractivity (Wildman–Crippen MR) is 116 cm³/mol. The van der Waals surface area contributed by atoms with Crippen LogP contribution in [0.15, 0.2) is 41.9 Å². The Kier molecular flexibility index (Phi) is 4.63. The molecule has 4 aromatic rings. The maximum atomic E-state index is 12.8. The van der Waals surface area contributed by atoms with E-state index in [4.69, 9.17) is 9.47 Å². The van der Waals surface area contributed by atoms with E-state index in [2.05, 4.69) is 22.2 Å². The van der Waals surface area contributed by atoms with Crippen LogP contribution in [0.4, 0.5) is 5.13 Å². The van der Waals surface area contributed by atoms with E-state index < -0.39 is 0 Å². The molecule has 0 saturated carbocycles. The van der Waals surface area contributed by atoms with Gasteiger partial charge in [-0.1, -0.05) is 6.92 Å². The molecule has 30 heavy (non-hydrogen) atoms. The highest BCUT2D eigenvalue weighted by Crippen LogP contribution is 2.35. The van der Waals surface area contributed by atoms with Gasteiger partial charge in [-0.2, -0.15) is 0 Å². The van der Waals surface area contributed by atoms with E-state index in [1.54, 1.807) is 6.07 Å². The summed E-state index contributed by atoms with van der Waals surface area (Å²) < 4.78 is 13.2. The summed E-state index contributed by atoms with van der Waals surface area (Å²) in [5, 5.41) is 5.35. The van der Waals surface area contributed by atoms with Gasteiger partial charge >= 0.3 is 0 Å². The summed E-state index contributed by atoms with van der Waals surface area (Å²) in [4.78, 5) is 21.9. The monoisotopic (exact) mass is 420 g/mol. The van der Waals surface area contributed by atoms with Gasteiger partial charge in [0.15, 0.2) is 16.6 Å². The van der Waals surface area contributed by atoms with Crippen LogP contribution in [-0.4, -0.2) is 33.5 Å². The average molecular weight is 420 g/mol. The van der Waals surface area contributed by atoms with Crippen LogP contribution in [0.5, 0.6) is 11.5 Å². The topological polar surface area (TPSA) is 77.8 Å². The lowest BCUT2D eigenvalue weighted by Crippen LogP contribution is -2.15. The molecule has 3 aromatic heterocycles. The molecule has 0 fully saturated rings. The summed E-state index contributed by atoms with van der Waals surface area (Å²) in [7, 11) is 0. The number of imidazole rings is 1. The largest absolute Gasteiger partial charge is 0.486 e. The zero-order valence-corrected chi connectivity index (χ0v) is 17.5. The number of hydrogen-bond acceptors (Lipinski definition) is 6. The van der Waals surface area contributed by atoms with Crippen molar-refractivity contribution in [1.82, 2.24) is 14.4 Å². The number of benzene rings is 1. The highest BCUT2D eigenvalue weighted by Gasteiger charge is 2.16. The molecule has 4 heterocycles. The predicted octanol–water partition coefficient (Wildman–Crippen LogP) is 4.35. The van der Waals surface area contributed by atoms with Crippen LogP contribution in [0.3, 0.4) is 0 Å². The van der Waals surface area contributed by atoms with Gasteiger partial charge in [0, 0.05) is 22.8 Å². The molecule has 8 heteroatoms. The van der Waals surface area contributed by atoms with Gasteiger partial charge in [0.05, 0.1) is 17.0 Å². The number of aromatic nitrogens is 3. The van der Waals surface area contributed by atoms with Crippen molar-refractivity contribution in [3.05, 3.63) is 58.9 Å². The maximum Gasteiger partial charge on any atom is 0.258 e. The molecule has 0 spiro atoms. The number of ether oxygens (including phenoxy) is 2. The molecule has 1 amide bonds. The van der Waals surface area contributed by atoms with Crippen LogP contribution in [0.1, 0.15) is 28.7 Å². The van der Waals surface area contributed by atoms with Crippen molar-refractivity contribution in [3.63, 3.8) is 0 Å². The van der Waals surface area contributed by atoms with E-state index in [1.807, 2.05) is 47.2 Å². The minimum absolute atomic E-state index is 0.203. The molecule has 0 aliphatic carbocycles. The number of rotatable bonds is 4. The van der Waals surface area contributed by atoms with Gasteiger partial charge in [-0.3, -0.25) is 10.1 Å². The Morgan fingerprint density at radius 3 is 2.83 bits per heavy atom. The first kappa shape index (κ1) is 18.6. The molecule has 1 N–H and O–H groups in total. The van der Waals surface area contributed by atoms with Crippen LogP contribution in [0.25, 0.3) is 16.9 Å². The normalized spacial score (nSPS) is 12.9. The summed E-state index contributed by atoms with van der Waals surface area (Å²) in [5.74, 6) is 1.25. The van der Waals surface area contributed by atoms with Crippen LogP contribution in [0, 0.1) is 6.92 Å². The summed E-state index contributed by atoms with van der Waals surface area (Å²) in [6, 6.07) is 9.38. The summed E-state index contributed by atoms with van der Waals surface area (Å²) in [6.07, 6.45) is 2.68. The Bertz CT molecular complexity index is 1260. The number of aryl methyl sites for hydroxylation is 2. The second-order valence-corrected chi connectivity index (χ2v) is 7.85. The average Bonchev–Trinajstić information content (AvgIpc) is 3.37. The number of carbonyl (C=O) groups is 1. The van der Waals surface area contributed by atoms with Crippen molar-refractivity contribution in [2.24, 2.45) is 0 Å². The van der Waals surface area contributed by atoms with Gasteiger partial charge in [0.25, 0.3) is 5.91 Å². The number of carbonyl (C=O) groups excluding carboxylic acids is 1. The quantitative estimate of drug-likeness (QED) is 0.531. The fraction of sp³-hybridized carbons (Fsp3) is 0.227. The highest BCUT2D eigenvalue weighted by molar-refractivity contribution is 7.14. The standard InChI is InChI=1S/C22H20N4O3S/c1-3-16-13(2)26-11-15(5-7-20(26)23-16)21(27)25-22-24-17(12-30-22)14-4-6-18-19(10-14)29-9-8-28-18/h4-7,10-12H,3,8-9H2,1-2H3,(H,24,25,27). The second kappa shape index (κ2) is 7.46. The molecule has 5 rings (SSSR count). The third-order valence-electron chi connectivity index (χ3n) is 5.12. The Balaban J connectivity index is 1.37. The van der Waals surface area contributed by atoms with Crippen molar-refractivity contribution in [3.8, 4) is 22.8 Å². The molecule has 0 atom stereocenters. The van der Waals surface area contributed by atoms with Crippen molar-refractivity contribution in [2.75, 3.05) is 18.5 Å². The summed E-state index contributed by atoms with van der Waals surface area (Å²) >= 11 is 1.39. The van der Waals surface area contributed by atoms with E-state index in [0.717, 1.165) is 40.5 Å². The fourth-order valence-corrected chi connectivity index (χ4v) is 4.23. The van der Waals surface area contributed by atoms with E-state index in [-0.39, 0.29) is 5.91 Å². The first-order valence-corrected chi connectivity index (χ1v) is 10.6. The van der Waals surface area contributed by atoms with E-state index in [0.29, 0.717) is 29.7 Å². The van der Waals surface area contributed by atoms with E-state index in [1.165, 1.54) is 11.3 Å². The first-order chi connectivity index (χ1) is 14.6. The number of hydrogen-bond donors (Lipinski definition) is 1. The fourth-order valence-electron chi connectivity index (χ4n) is 3.52. The zero-order chi connectivity index (χ0) is 20.7. The molecule has 7 nitrogen and oxygen atoms in total. The molecule has 1 aliphatic heterocycles. The van der Waals surface area contributed by atoms with Crippen LogP contribution < -0.4 is 14.8 Å². The van der Waals surface area contributed by atoms with Gasteiger partial charge < -0.3 is 13.9 Å². The van der Waals surface area contributed by atoms with E-state index >= 15 is 0 Å². The van der Waals surface area contributed by atoms with Gasteiger partial charge in [0.2, 0.25) is 0 Å². The number of fused-ring (bicyclic) bond motifs is 2. The molecule has 0 bridgehead atoms. The molecule has 0 unspecified atom stereocenters. The van der Waals surface area contributed by atoms with Crippen LogP contribution in [0.2, 0.25) is 0 Å². The minimum Gasteiger partial charge on any atom is -0.486 e. The SMILES string of the molecule is CCc1nc2ccc(C(=O)Nc3nc(-c4ccc5c(c4)OCCO5)cs3)cn2c1C. The first-order valence-electron chi connectivity index (χ1n) is 9.77.